The third kappa shape index (κ3) is 3.46. The molecule has 0 aromatic carbocycles. The van der Waals surface area contributed by atoms with Crippen molar-refractivity contribution in [2.75, 3.05) is 6.54 Å². The highest BCUT2D eigenvalue weighted by Gasteiger charge is 2.64. The molecule has 0 aromatic heterocycles. The Hall–Kier alpha value is -1.78. The lowest BCUT2D eigenvalue weighted by molar-refractivity contribution is -0.148. The summed E-state index contributed by atoms with van der Waals surface area (Å²) < 4.78 is 12.5. The monoisotopic (exact) mass is 495 g/mol. The van der Waals surface area contributed by atoms with Crippen LogP contribution in [0.3, 0.4) is 0 Å². The van der Waals surface area contributed by atoms with Crippen molar-refractivity contribution >= 4 is 11.9 Å². The topological polar surface area (TPSA) is 55.8 Å². The molecule has 5 nitrogen and oxygen atoms in total. The van der Waals surface area contributed by atoms with Gasteiger partial charge in [-0.15, -0.1) is 0 Å². The highest BCUT2D eigenvalue weighted by molar-refractivity contribution is 5.74. The van der Waals surface area contributed by atoms with E-state index in [-0.39, 0.29) is 41.0 Å². The highest BCUT2D eigenvalue weighted by Crippen LogP contribution is 2.69. The number of rotatable bonds is 2. The Balaban J connectivity index is 1.25. The number of hydrogen-bond donors (Lipinski definition) is 0. The number of esters is 1. The standard InChI is InChI=1S/C31H45NO4/c1-17-13-26(32(16-17)19(3)33)29-18(2)28-27(36-29)15-25-23-8-7-21-14-22(35-20(4)34)9-11-30(21,5)24(23)10-12-31(25,28)6/h7,17,22-28H,8-16H2,1-6H3/t17-,22-,23-,24+,25-,26-,27-,28+,30-,31-/m0/s1. The van der Waals surface area contributed by atoms with Crippen LogP contribution in [-0.4, -0.2) is 41.6 Å². The quantitative estimate of drug-likeness (QED) is 0.346. The van der Waals surface area contributed by atoms with Crippen LogP contribution in [0.15, 0.2) is 23.0 Å². The molecule has 0 N–H and O–H groups in total. The lowest BCUT2D eigenvalue weighted by Gasteiger charge is -2.58. The van der Waals surface area contributed by atoms with Crippen molar-refractivity contribution < 1.29 is 19.1 Å². The second-order valence-corrected chi connectivity index (χ2v) is 13.7. The Morgan fingerprint density at radius 2 is 1.89 bits per heavy atom. The van der Waals surface area contributed by atoms with Crippen LogP contribution in [0.1, 0.15) is 92.9 Å². The van der Waals surface area contributed by atoms with Gasteiger partial charge in [0.25, 0.3) is 0 Å². The number of hydrogen-bond acceptors (Lipinski definition) is 4. The first-order chi connectivity index (χ1) is 17.0. The van der Waals surface area contributed by atoms with Crippen molar-refractivity contribution in [1.29, 1.82) is 0 Å². The molecule has 0 unspecified atom stereocenters. The number of likely N-dealkylation sites (tertiary alicyclic amines) is 1. The molecule has 0 bridgehead atoms. The van der Waals surface area contributed by atoms with E-state index in [1.165, 1.54) is 25.3 Å². The zero-order valence-electron chi connectivity index (χ0n) is 23.1. The Morgan fingerprint density at radius 3 is 2.61 bits per heavy atom. The molecule has 0 radical (unpaired) electrons. The minimum absolute atomic E-state index is 0.0607. The van der Waals surface area contributed by atoms with Gasteiger partial charge in [-0.25, -0.2) is 0 Å². The Morgan fingerprint density at radius 1 is 1.11 bits per heavy atom. The van der Waals surface area contributed by atoms with E-state index >= 15 is 0 Å². The lowest BCUT2D eigenvalue weighted by Crippen LogP contribution is -2.50. The average molecular weight is 496 g/mol. The molecule has 0 spiro atoms. The first-order valence-electron chi connectivity index (χ1n) is 14.5. The number of amides is 1. The summed E-state index contributed by atoms with van der Waals surface area (Å²) in [6.45, 7) is 13.7. The van der Waals surface area contributed by atoms with Crippen LogP contribution >= 0.6 is 0 Å². The van der Waals surface area contributed by atoms with Crippen molar-refractivity contribution in [1.82, 2.24) is 4.90 Å². The summed E-state index contributed by atoms with van der Waals surface area (Å²) in [4.78, 5) is 26.0. The molecule has 4 fully saturated rings. The number of ether oxygens (including phenoxy) is 2. The molecule has 1 saturated heterocycles. The van der Waals surface area contributed by atoms with Gasteiger partial charge in [-0.1, -0.05) is 32.4 Å². The van der Waals surface area contributed by atoms with Gasteiger partial charge >= 0.3 is 5.97 Å². The number of carbonyl (C=O) groups is 2. The van der Waals surface area contributed by atoms with Gasteiger partial charge < -0.3 is 14.4 Å². The van der Waals surface area contributed by atoms with E-state index in [1.54, 1.807) is 12.5 Å². The van der Waals surface area contributed by atoms with E-state index in [0.717, 1.165) is 56.7 Å². The van der Waals surface area contributed by atoms with Gasteiger partial charge in [0.05, 0.1) is 6.04 Å². The van der Waals surface area contributed by atoms with E-state index in [0.29, 0.717) is 23.7 Å². The van der Waals surface area contributed by atoms with Crippen LogP contribution in [-0.2, 0) is 19.1 Å². The van der Waals surface area contributed by atoms with Crippen LogP contribution in [0.25, 0.3) is 0 Å². The summed E-state index contributed by atoms with van der Waals surface area (Å²) in [5.74, 6) is 4.31. The Kier molecular flexibility index (Phi) is 5.70. The van der Waals surface area contributed by atoms with Gasteiger partial charge in [0, 0.05) is 32.7 Å². The fourth-order valence-electron chi connectivity index (χ4n) is 10.2. The fourth-order valence-corrected chi connectivity index (χ4v) is 10.2. The molecule has 3 saturated carbocycles. The van der Waals surface area contributed by atoms with Crippen molar-refractivity contribution in [2.24, 2.45) is 40.4 Å². The maximum absolute atomic E-state index is 12.4. The van der Waals surface area contributed by atoms with Crippen molar-refractivity contribution in [2.45, 2.75) is 111 Å². The molecular weight excluding hydrogens is 450 g/mol. The Bertz CT molecular complexity index is 1030. The molecule has 6 rings (SSSR count). The van der Waals surface area contributed by atoms with Crippen LogP contribution in [0.2, 0.25) is 0 Å². The summed E-state index contributed by atoms with van der Waals surface area (Å²) >= 11 is 0. The minimum Gasteiger partial charge on any atom is -0.492 e. The molecule has 4 aliphatic carbocycles. The van der Waals surface area contributed by atoms with Crippen molar-refractivity contribution in [3.05, 3.63) is 23.0 Å². The third-order valence-electron chi connectivity index (χ3n) is 11.7. The molecule has 36 heavy (non-hydrogen) atoms. The predicted octanol–water partition coefficient (Wildman–Crippen LogP) is 6.04. The largest absolute Gasteiger partial charge is 0.492 e. The zero-order chi connectivity index (χ0) is 25.6. The second kappa shape index (κ2) is 8.36. The maximum Gasteiger partial charge on any atom is 0.302 e. The summed E-state index contributed by atoms with van der Waals surface area (Å²) in [7, 11) is 0. The number of carbonyl (C=O) groups excluding carboxylic acids is 2. The minimum atomic E-state index is -0.148. The fraction of sp³-hybridized carbons (Fsp3) is 0.806. The van der Waals surface area contributed by atoms with E-state index in [9.17, 15) is 9.59 Å². The van der Waals surface area contributed by atoms with Gasteiger partial charge in [-0.2, -0.15) is 0 Å². The van der Waals surface area contributed by atoms with Crippen LogP contribution in [0.5, 0.6) is 0 Å². The number of allylic oxidation sites excluding steroid dienone is 1. The lowest BCUT2D eigenvalue weighted by atomic mass is 9.47. The average Bonchev–Trinajstić information content (AvgIpc) is 3.44. The summed E-state index contributed by atoms with van der Waals surface area (Å²) in [6, 6.07) is 0.132. The van der Waals surface area contributed by atoms with Crippen molar-refractivity contribution in [3.63, 3.8) is 0 Å². The Labute approximate surface area is 217 Å². The van der Waals surface area contributed by atoms with Crippen molar-refractivity contribution in [3.8, 4) is 0 Å². The van der Waals surface area contributed by atoms with Gasteiger partial charge in [0.1, 0.15) is 18.0 Å². The number of fused-ring (bicyclic) bond motifs is 7. The second-order valence-electron chi connectivity index (χ2n) is 13.7. The first kappa shape index (κ1) is 24.6. The predicted molar refractivity (Wildman–Crippen MR) is 139 cm³/mol. The SMILES string of the molecule is CC(=O)O[C@H]1CC[C@@]2(C)C(=CC[C@H]3[C@H]2CC[C@]2(C)[C@@H]4C(C)=C([C@@H]5C[C@H](C)CN5C(C)=O)O[C@H]4C[C@@H]32)C1. The van der Waals surface area contributed by atoms with Crippen LogP contribution in [0, 0.1) is 40.4 Å². The van der Waals surface area contributed by atoms with Gasteiger partial charge in [0.2, 0.25) is 5.91 Å². The molecule has 5 heteroatoms. The normalized spacial score (nSPS) is 47.4. The van der Waals surface area contributed by atoms with E-state index in [2.05, 4.69) is 38.7 Å². The first-order valence-corrected chi connectivity index (χ1v) is 14.5. The van der Waals surface area contributed by atoms with Crippen LogP contribution < -0.4 is 0 Å². The smallest absolute Gasteiger partial charge is 0.302 e. The third-order valence-corrected chi connectivity index (χ3v) is 11.7. The van der Waals surface area contributed by atoms with Crippen LogP contribution in [0.4, 0.5) is 0 Å². The molecule has 198 valence electrons. The zero-order valence-corrected chi connectivity index (χ0v) is 23.1. The number of nitrogens with zero attached hydrogens (tertiary/aromatic N) is 1. The van der Waals surface area contributed by atoms with Gasteiger partial charge in [-0.3, -0.25) is 9.59 Å². The molecular formula is C31H45NO4. The van der Waals surface area contributed by atoms with Gasteiger partial charge in [0.15, 0.2) is 0 Å². The maximum atomic E-state index is 12.4. The molecule has 2 aliphatic heterocycles. The summed E-state index contributed by atoms with van der Waals surface area (Å²) in [6.07, 6.45) is 11.8. The molecule has 0 aromatic rings. The summed E-state index contributed by atoms with van der Waals surface area (Å²) in [5.41, 5.74) is 3.52. The summed E-state index contributed by atoms with van der Waals surface area (Å²) in [5, 5.41) is 0. The van der Waals surface area contributed by atoms with E-state index in [4.69, 9.17) is 9.47 Å². The molecule has 6 aliphatic rings. The molecule has 1 amide bonds. The van der Waals surface area contributed by atoms with E-state index in [1.807, 2.05) is 0 Å². The van der Waals surface area contributed by atoms with E-state index < -0.39 is 0 Å². The molecule has 10 atom stereocenters. The highest BCUT2D eigenvalue weighted by atomic mass is 16.5. The molecule has 2 heterocycles. The van der Waals surface area contributed by atoms with Gasteiger partial charge in [-0.05, 0) is 91.9 Å².